The first-order valence-corrected chi connectivity index (χ1v) is 9.35. The fourth-order valence-corrected chi connectivity index (χ4v) is 3.00. The number of hydrogen-bond acceptors (Lipinski definition) is 3. The van der Waals surface area contributed by atoms with Crippen molar-refractivity contribution in [3.63, 3.8) is 0 Å². The number of halogens is 2. The van der Waals surface area contributed by atoms with Crippen molar-refractivity contribution in [3.8, 4) is 0 Å². The van der Waals surface area contributed by atoms with Gasteiger partial charge in [-0.05, 0) is 42.8 Å². The van der Waals surface area contributed by atoms with E-state index in [0.29, 0.717) is 10.7 Å². The normalized spacial score (nSPS) is 13.0. The van der Waals surface area contributed by atoms with Crippen molar-refractivity contribution in [3.05, 3.63) is 57.5 Å². The average molecular weight is 389 g/mol. The van der Waals surface area contributed by atoms with E-state index in [1.807, 2.05) is 31.2 Å². The highest BCUT2D eigenvalue weighted by molar-refractivity contribution is 9.10. The van der Waals surface area contributed by atoms with Gasteiger partial charge in [-0.25, -0.2) is 8.42 Å². The highest BCUT2D eigenvalue weighted by Crippen LogP contribution is 2.29. The van der Waals surface area contributed by atoms with Crippen LogP contribution in [0.2, 0.25) is 5.02 Å². The zero-order chi connectivity index (χ0) is 15.6. The molecule has 0 bridgehead atoms. The minimum Gasteiger partial charge on any atom is -0.377 e. The smallest absolute Gasteiger partial charge is 0.175 e. The Hall–Kier alpha value is -1.04. The van der Waals surface area contributed by atoms with E-state index < -0.39 is 9.84 Å². The molecule has 2 aromatic rings. The van der Waals surface area contributed by atoms with Crippen LogP contribution in [0.25, 0.3) is 0 Å². The zero-order valence-electron chi connectivity index (χ0n) is 11.6. The number of hydrogen-bond donors (Lipinski definition) is 1. The fourth-order valence-electron chi connectivity index (χ4n) is 1.91. The molecule has 0 saturated heterocycles. The molecular weight excluding hydrogens is 374 g/mol. The lowest BCUT2D eigenvalue weighted by molar-refractivity contribution is 0.602. The van der Waals surface area contributed by atoms with Crippen molar-refractivity contribution in [2.45, 2.75) is 17.9 Å². The molecule has 1 N–H and O–H groups in total. The van der Waals surface area contributed by atoms with Crippen molar-refractivity contribution in [1.82, 2.24) is 0 Å². The van der Waals surface area contributed by atoms with Crippen molar-refractivity contribution >= 4 is 43.1 Å². The molecule has 0 amide bonds. The minimum atomic E-state index is -3.25. The van der Waals surface area contributed by atoms with E-state index in [9.17, 15) is 8.42 Å². The van der Waals surface area contributed by atoms with E-state index in [1.54, 1.807) is 12.1 Å². The molecule has 0 radical (unpaired) electrons. The molecule has 3 nitrogen and oxygen atoms in total. The maximum atomic E-state index is 11.6. The van der Waals surface area contributed by atoms with Gasteiger partial charge < -0.3 is 5.32 Å². The molecule has 0 aliphatic carbocycles. The van der Waals surface area contributed by atoms with Crippen LogP contribution in [0.15, 0.2) is 51.8 Å². The largest absolute Gasteiger partial charge is 0.377 e. The highest BCUT2D eigenvalue weighted by Gasteiger charge is 2.12. The lowest BCUT2D eigenvalue weighted by Crippen LogP contribution is -2.08. The molecule has 2 aromatic carbocycles. The van der Waals surface area contributed by atoms with Crippen molar-refractivity contribution in [2.24, 2.45) is 0 Å². The molecule has 0 aliphatic heterocycles. The third kappa shape index (κ3) is 4.22. The van der Waals surface area contributed by atoms with E-state index in [1.165, 1.54) is 12.3 Å². The average Bonchev–Trinajstić information content (AvgIpc) is 2.40. The van der Waals surface area contributed by atoms with Crippen LogP contribution in [0.1, 0.15) is 18.5 Å². The van der Waals surface area contributed by atoms with E-state index >= 15 is 0 Å². The summed E-state index contributed by atoms with van der Waals surface area (Å²) >= 11 is 9.53. The molecule has 6 heteroatoms. The number of sulfone groups is 1. The Labute approximate surface area is 138 Å². The topological polar surface area (TPSA) is 46.2 Å². The summed E-state index contributed by atoms with van der Waals surface area (Å²) in [6.45, 7) is 1.99. The van der Waals surface area contributed by atoms with Gasteiger partial charge in [0.2, 0.25) is 0 Å². The number of benzene rings is 2. The second-order valence-corrected chi connectivity index (χ2v) is 8.17. The minimum absolute atomic E-state index is 0.00501. The standard InChI is InChI=1S/C15H15BrClNO2S/c1-10(11-3-5-12(16)6-4-11)18-15-9-13(21(2,19)20)7-8-14(15)17/h3-10,18H,1-2H3. The summed E-state index contributed by atoms with van der Waals surface area (Å²) in [7, 11) is -3.25. The first-order chi connectivity index (χ1) is 9.77. The SMILES string of the molecule is CC(Nc1cc(S(C)(=O)=O)ccc1Cl)c1ccc(Br)cc1. The molecule has 1 atom stereocenters. The predicted molar refractivity (Wildman–Crippen MR) is 90.7 cm³/mol. The first-order valence-electron chi connectivity index (χ1n) is 6.29. The summed E-state index contributed by atoms with van der Waals surface area (Å²) in [4.78, 5) is 0.248. The van der Waals surface area contributed by atoms with Crippen LogP contribution in [0.5, 0.6) is 0 Å². The van der Waals surface area contributed by atoms with Crippen molar-refractivity contribution < 1.29 is 8.42 Å². The molecule has 0 saturated carbocycles. The Morgan fingerprint density at radius 1 is 1.14 bits per heavy atom. The van der Waals surface area contributed by atoms with Gasteiger partial charge in [-0.3, -0.25) is 0 Å². The van der Waals surface area contributed by atoms with Gasteiger partial charge in [0.15, 0.2) is 9.84 Å². The van der Waals surface area contributed by atoms with Gasteiger partial charge in [-0.2, -0.15) is 0 Å². The Morgan fingerprint density at radius 2 is 1.76 bits per heavy atom. The second kappa shape index (κ2) is 6.38. The number of anilines is 1. The molecule has 0 spiro atoms. The Morgan fingerprint density at radius 3 is 2.33 bits per heavy atom. The van der Waals surface area contributed by atoms with Crippen LogP contribution in [-0.2, 0) is 9.84 Å². The Balaban J connectivity index is 2.28. The molecule has 0 fully saturated rings. The van der Waals surface area contributed by atoms with Gasteiger partial charge in [0.25, 0.3) is 0 Å². The zero-order valence-corrected chi connectivity index (χ0v) is 14.8. The fraction of sp³-hybridized carbons (Fsp3) is 0.200. The molecule has 0 aliphatic rings. The van der Waals surface area contributed by atoms with Gasteiger partial charge in [0, 0.05) is 16.8 Å². The molecule has 0 aromatic heterocycles. The molecule has 1 unspecified atom stereocenters. The van der Waals surface area contributed by atoms with Crippen LogP contribution >= 0.6 is 27.5 Å². The monoisotopic (exact) mass is 387 g/mol. The van der Waals surface area contributed by atoms with Crippen molar-refractivity contribution in [2.75, 3.05) is 11.6 Å². The summed E-state index contributed by atoms with van der Waals surface area (Å²) in [6, 6.07) is 12.6. The summed E-state index contributed by atoms with van der Waals surface area (Å²) in [5.74, 6) is 0. The van der Waals surface area contributed by atoms with Crippen LogP contribution in [0, 0.1) is 0 Å². The van der Waals surface area contributed by atoms with Gasteiger partial charge in [-0.15, -0.1) is 0 Å². The Kier molecular flexibility index (Phi) is 4.96. The molecule has 112 valence electrons. The van der Waals surface area contributed by atoms with E-state index in [0.717, 1.165) is 10.0 Å². The third-order valence-electron chi connectivity index (χ3n) is 3.11. The lowest BCUT2D eigenvalue weighted by atomic mass is 10.1. The van der Waals surface area contributed by atoms with Gasteiger partial charge in [0.05, 0.1) is 15.6 Å². The van der Waals surface area contributed by atoms with Crippen LogP contribution in [0.3, 0.4) is 0 Å². The van der Waals surface area contributed by atoms with Gasteiger partial charge in [0.1, 0.15) is 0 Å². The van der Waals surface area contributed by atoms with Crippen LogP contribution in [0.4, 0.5) is 5.69 Å². The molecule has 2 rings (SSSR count). The number of rotatable bonds is 4. The third-order valence-corrected chi connectivity index (χ3v) is 5.08. The summed E-state index contributed by atoms with van der Waals surface area (Å²) in [6.07, 6.45) is 1.18. The molecular formula is C15H15BrClNO2S. The van der Waals surface area contributed by atoms with Crippen molar-refractivity contribution in [1.29, 1.82) is 0 Å². The van der Waals surface area contributed by atoms with Gasteiger partial charge >= 0.3 is 0 Å². The maximum absolute atomic E-state index is 11.6. The number of nitrogens with one attached hydrogen (secondary N) is 1. The first kappa shape index (κ1) is 16.3. The molecule has 21 heavy (non-hydrogen) atoms. The van der Waals surface area contributed by atoms with Crippen LogP contribution in [-0.4, -0.2) is 14.7 Å². The predicted octanol–water partition coefficient (Wildman–Crippen LogP) is 4.68. The summed E-state index contributed by atoms with van der Waals surface area (Å²) in [5.41, 5.74) is 1.69. The Bertz CT molecular complexity index is 745. The van der Waals surface area contributed by atoms with Crippen LogP contribution < -0.4 is 5.32 Å². The summed E-state index contributed by atoms with van der Waals surface area (Å²) in [5, 5.41) is 3.74. The lowest BCUT2D eigenvalue weighted by Gasteiger charge is -2.17. The van der Waals surface area contributed by atoms with E-state index in [-0.39, 0.29) is 10.9 Å². The summed E-state index contributed by atoms with van der Waals surface area (Å²) < 4.78 is 24.2. The highest BCUT2D eigenvalue weighted by atomic mass is 79.9. The van der Waals surface area contributed by atoms with E-state index in [4.69, 9.17) is 11.6 Å². The maximum Gasteiger partial charge on any atom is 0.175 e. The second-order valence-electron chi connectivity index (χ2n) is 4.83. The quantitative estimate of drug-likeness (QED) is 0.827. The van der Waals surface area contributed by atoms with E-state index in [2.05, 4.69) is 21.2 Å². The van der Waals surface area contributed by atoms with Gasteiger partial charge in [-0.1, -0.05) is 39.7 Å². The molecule has 0 heterocycles.